The Labute approximate surface area is 185 Å². The van der Waals surface area contributed by atoms with Crippen molar-refractivity contribution in [3.63, 3.8) is 0 Å². The Balaban J connectivity index is 1.39. The first-order chi connectivity index (χ1) is 15.5. The number of nitrogens with one attached hydrogen (secondary N) is 2. The Hall–Kier alpha value is -3.58. The van der Waals surface area contributed by atoms with Crippen LogP contribution in [0.25, 0.3) is 21.9 Å². The van der Waals surface area contributed by atoms with E-state index >= 15 is 0 Å². The number of carbonyl (C=O) groups is 1. The molecule has 1 saturated heterocycles. The molecule has 1 amide bonds. The van der Waals surface area contributed by atoms with Crippen molar-refractivity contribution in [2.75, 3.05) is 25.5 Å². The number of H-pyrrole nitrogens is 1. The average molecular weight is 431 g/mol. The van der Waals surface area contributed by atoms with Gasteiger partial charge in [-0.25, -0.2) is 4.79 Å². The molecule has 0 bridgehead atoms. The first-order valence-electron chi connectivity index (χ1n) is 10.8. The number of hydrogen-bond acceptors (Lipinski definition) is 5. The van der Waals surface area contributed by atoms with E-state index in [-0.39, 0.29) is 11.8 Å². The van der Waals surface area contributed by atoms with Gasteiger partial charge >= 0.3 is 5.63 Å². The van der Waals surface area contributed by atoms with Gasteiger partial charge in [-0.3, -0.25) is 4.79 Å². The molecule has 1 aliphatic heterocycles. The number of carbonyl (C=O) groups excluding carboxylic acids is 1. The van der Waals surface area contributed by atoms with E-state index in [1.807, 2.05) is 43.3 Å². The van der Waals surface area contributed by atoms with Gasteiger partial charge in [0.2, 0.25) is 0 Å². The summed E-state index contributed by atoms with van der Waals surface area (Å²) in [6.45, 7) is 3.90. The number of nitrogens with zero attached hydrogens (tertiary/aromatic N) is 1. The van der Waals surface area contributed by atoms with E-state index in [2.05, 4.69) is 22.2 Å². The Morgan fingerprint density at radius 2 is 1.91 bits per heavy atom. The number of aromatic amines is 1. The third-order valence-corrected chi connectivity index (χ3v) is 6.08. The van der Waals surface area contributed by atoms with Crippen LogP contribution in [0.5, 0.6) is 5.75 Å². The van der Waals surface area contributed by atoms with Crippen LogP contribution in [0, 0.1) is 6.92 Å². The maximum atomic E-state index is 12.7. The molecule has 2 aromatic heterocycles. The molecule has 1 fully saturated rings. The second-order valence-corrected chi connectivity index (χ2v) is 8.40. The molecule has 0 radical (unpaired) electrons. The van der Waals surface area contributed by atoms with E-state index in [1.54, 1.807) is 12.1 Å². The molecule has 32 heavy (non-hydrogen) atoms. The van der Waals surface area contributed by atoms with Crippen molar-refractivity contribution in [3.05, 3.63) is 70.2 Å². The Bertz CT molecular complexity index is 1330. The highest BCUT2D eigenvalue weighted by Crippen LogP contribution is 2.30. The maximum Gasteiger partial charge on any atom is 0.360 e. The summed E-state index contributed by atoms with van der Waals surface area (Å²) >= 11 is 0. The smallest absolute Gasteiger partial charge is 0.360 e. The zero-order chi connectivity index (χ0) is 22.2. The quantitative estimate of drug-likeness (QED) is 0.470. The number of anilines is 1. The summed E-state index contributed by atoms with van der Waals surface area (Å²) in [6, 6.07) is 14.8. The summed E-state index contributed by atoms with van der Waals surface area (Å²) in [5, 5.41) is 4.32. The zero-order valence-electron chi connectivity index (χ0n) is 18.1. The molecular weight excluding hydrogens is 406 g/mol. The minimum atomic E-state index is -0.596. The molecule has 5 rings (SSSR count). The normalized spacial score (nSPS) is 15.3. The SMILES string of the molecule is Cc1c(OC2CCN(C)CC2)ccc2cc(NC(=O)c3cc4ccccc4[nH]3)c(=O)oc12. The number of hydrogen-bond donors (Lipinski definition) is 2. The van der Waals surface area contributed by atoms with E-state index in [0.717, 1.165) is 53.5 Å². The number of rotatable bonds is 4. The summed E-state index contributed by atoms with van der Waals surface area (Å²) in [6.07, 6.45) is 2.09. The summed E-state index contributed by atoms with van der Waals surface area (Å²) in [5.41, 5.74) is 2.00. The predicted octanol–water partition coefficient (Wildman–Crippen LogP) is 4.31. The highest BCUT2D eigenvalue weighted by molar-refractivity contribution is 6.06. The standard InChI is InChI=1S/C25H25N3O4/c1-15-22(31-18-9-11-28(2)12-10-18)8-7-17-14-21(25(30)32-23(15)17)27-24(29)20-13-16-5-3-4-6-19(16)26-20/h3-8,13-14,18,26H,9-12H2,1-2H3,(H,27,29). The summed E-state index contributed by atoms with van der Waals surface area (Å²) in [4.78, 5) is 30.7. The number of likely N-dealkylation sites (tertiary alicyclic amines) is 1. The van der Waals surface area contributed by atoms with E-state index in [1.165, 1.54) is 0 Å². The maximum absolute atomic E-state index is 12.7. The topological polar surface area (TPSA) is 87.6 Å². The van der Waals surface area contributed by atoms with Crippen molar-refractivity contribution in [2.45, 2.75) is 25.9 Å². The van der Waals surface area contributed by atoms with E-state index in [9.17, 15) is 9.59 Å². The summed E-state index contributed by atoms with van der Waals surface area (Å²) < 4.78 is 11.8. The molecule has 7 heteroatoms. The van der Waals surface area contributed by atoms with Gasteiger partial charge in [-0.1, -0.05) is 18.2 Å². The Morgan fingerprint density at radius 1 is 1.12 bits per heavy atom. The minimum absolute atomic E-state index is 0.101. The van der Waals surface area contributed by atoms with Gasteiger partial charge in [0.25, 0.3) is 5.91 Å². The second kappa shape index (κ2) is 8.16. The van der Waals surface area contributed by atoms with Crippen LogP contribution in [0.3, 0.4) is 0 Å². The second-order valence-electron chi connectivity index (χ2n) is 8.40. The fraction of sp³-hybridized carbons (Fsp3) is 0.280. The van der Waals surface area contributed by atoms with Crippen molar-refractivity contribution in [1.82, 2.24) is 9.88 Å². The molecule has 0 aliphatic carbocycles. The van der Waals surface area contributed by atoms with Crippen molar-refractivity contribution in [2.24, 2.45) is 0 Å². The van der Waals surface area contributed by atoms with E-state index in [0.29, 0.717) is 11.3 Å². The Morgan fingerprint density at radius 3 is 2.69 bits per heavy atom. The van der Waals surface area contributed by atoms with Crippen molar-refractivity contribution in [1.29, 1.82) is 0 Å². The van der Waals surface area contributed by atoms with Gasteiger partial charge in [0.1, 0.15) is 28.8 Å². The number of aromatic nitrogens is 1. The first-order valence-corrected chi connectivity index (χ1v) is 10.8. The lowest BCUT2D eigenvalue weighted by Crippen LogP contribution is -2.35. The molecule has 4 aromatic rings. The number of ether oxygens (including phenoxy) is 1. The summed E-state index contributed by atoms with van der Waals surface area (Å²) in [7, 11) is 2.11. The lowest BCUT2D eigenvalue weighted by Gasteiger charge is -2.29. The fourth-order valence-electron chi connectivity index (χ4n) is 4.19. The van der Waals surface area contributed by atoms with Gasteiger partial charge in [-0.15, -0.1) is 0 Å². The minimum Gasteiger partial charge on any atom is -0.490 e. The predicted molar refractivity (Wildman–Crippen MR) is 125 cm³/mol. The molecule has 7 nitrogen and oxygen atoms in total. The number of aryl methyl sites for hydroxylation is 1. The van der Waals surface area contributed by atoms with Crippen LogP contribution in [-0.2, 0) is 0 Å². The van der Waals surface area contributed by atoms with Crippen molar-refractivity contribution < 1.29 is 13.9 Å². The lowest BCUT2D eigenvalue weighted by atomic mass is 10.1. The van der Waals surface area contributed by atoms with Crippen LogP contribution in [0.15, 0.2) is 57.7 Å². The third-order valence-electron chi connectivity index (χ3n) is 6.08. The molecule has 2 N–H and O–H groups in total. The summed E-state index contributed by atoms with van der Waals surface area (Å²) in [5.74, 6) is 0.330. The molecule has 0 saturated carbocycles. The highest BCUT2D eigenvalue weighted by Gasteiger charge is 2.20. The molecule has 2 aromatic carbocycles. The largest absolute Gasteiger partial charge is 0.490 e. The molecule has 3 heterocycles. The van der Waals surface area contributed by atoms with Gasteiger partial charge in [-0.2, -0.15) is 0 Å². The van der Waals surface area contributed by atoms with Gasteiger partial charge in [0, 0.05) is 34.9 Å². The van der Waals surface area contributed by atoms with Crippen LogP contribution in [0.4, 0.5) is 5.69 Å². The number of benzene rings is 2. The van der Waals surface area contributed by atoms with Gasteiger partial charge in [-0.05, 0) is 57.1 Å². The Kier molecular flexibility index (Phi) is 5.19. The highest BCUT2D eigenvalue weighted by atomic mass is 16.5. The fourth-order valence-corrected chi connectivity index (χ4v) is 4.19. The van der Waals surface area contributed by atoms with Gasteiger partial charge in [0.15, 0.2) is 0 Å². The molecule has 0 unspecified atom stereocenters. The number of fused-ring (bicyclic) bond motifs is 2. The average Bonchev–Trinajstić information content (AvgIpc) is 3.23. The third kappa shape index (κ3) is 3.87. The molecule has 1 aliphatic rings. The first kappa shape index (κ1) is 20.3. The van der Waals surface area contributed by atoms with Crippen LogP contribution in [0.1, 0.15) is 28.9 Å². The van der Waals surface area contributed by atoms with Gasteiger partial charge < -0.3 is 24.4 Å². The van der Waals surface area contributed by atoms with Crippen LogP contribution < -0.4 is 15.7 Å². The molecule has 164 valence electrons. The molecule has 0 atom stereocenters. The number of para-hydroxylation sites is 1. The van der Waals surface area contributed by atoms with E-state index in [4.69, 9.17) is 9.15 Å². The number of amides is 1. The number of piperidine rings is 1. The van der Waals surface area contributed by atoms with E-state index < -0.39 is 11.5 Å². The lowest BCUT2D eigenvalue weighted by molar-refractivity contribution is 0.102. The zero-order valence-corrected chi connectivity index (χ0v) is 18.1. The molecular formula is C25H25N3O4. The molecule has 0 spiro atoms. The van der Waals surface area contributed by atoms with Gasteiger partial charge in [0.05, 0.1) is 0 Å². The van der Waals surface area contributed by atoms with Crippen LogP contribution in [0.2, 0.25) is 0 Å². The van der Waals surface area contributed by atoms with Crippen molar-refractivity contribution in [3.8, 4) is 5.75 Å². The monoisotopic (exact) mass is 431 g/mol. The van der Waals surface area contributed by atoms with Crippen LogP contribution >= 0.6 is 0 Å². The van der Waals surface area contributed by atoms with Crippen molar-refractivity contribution >= 4 is 33.5 Å². The van der Waals surface area contributed by atoms with Crippen LogP contribution in [-0.4, -0.2) is 42.0 Å².